The fraction of sp³-hybridized carbons (Fsp3) is 0.391. The highest BCUT2D eigenvalue weighted by molar-refractivity contribution is 14.1. The molecule has 2 aromatic rings. The van der Waals surface area contributed by atoms with Gasteiger partial charge in [0.15, 0.2) is 0 Å². The molecule has 0 fully saturated rings. The van der Waals surface area contributed by atoms with Crippen molar-refractivity contribution in [2.75, 3.05) is 17.1 Å². The normalized spacial score (nSPS) is 12.4. The molecule has 0 bridgehead atoms. The highest BCUT2D eigenvalue weighted by Crippen LogP contribution is 2.25. The van der Waals surface area contributed by atoms with Crippen molar-refractivity contribution >= 4 is 73.3 Å². The predicted octanol–water partition coefficient (Wildman–Crippen LogP) is 4.70. The second-order valence-electron chi connectivity index (χ2n) is 8.09. The van der Waals surface area contributed by atoms with Crippen molar-refractivity contribution < 1.29 is 18.0 Å². The quantitative estimate of drug-likeness (QED) is 0.382. The fourth-order valence-electron chi connectivity index (χ4n) is 3.35. The first-order valence-corrected chi connectivity index (χ1v) is 14.3. The van der Waals surface area contributed by atoms with Gasteiger partial charge in [-0.2, -0.15) is 0 Å². The minimum atomic E-state index is -3.78. The van der Waals surface area contributed by atoms with Gasteiger partial charge in [-0.3, -0.25) is 13.9 Å². The van der Waals surface area contributed by atoms with Gasteiger partial charge in [0.25, 0.3) is 0 Å². The van der Waals surface area contributed by atoms with E-state index in [4.69, 9.17) is 23.2 Å². The standard InChI is InChI=1S/C23H28Cl2IN3O4S/c1-5-21(23(31)27-15(2)3)28(13-16-6-7-17(24)12-20(16)25)22(30)14-29(34(4,32)33)19-10-8-18(26)9-11-19/h6-12,15,21H,5,13-14H2,1-4H3,(H,27,31)/t21-/m1/s1. The summed E-state index contributed by atoms with van der Waals surface area (Å²) in [6.45, 7) is 5.01. The van der Waals surface area contributed by atoms with Gasteiger partial charge in [0.05, 0.1) is 11.9 Å². The molecular formula is C23H28Cl2IN3O4S. The van der Waals surface area contributed by atoms with Crippen LogP contribution in [-0.2, 0) is 26.2 Å². The van der Waals surface area contributed by atoms with Gasteiger partial charge in [-0.15, -0.1) is 0 Å². The zero-order chi connectivity index (χ0) is 25.6. The van der Waals surface area contributed by atoms with Gasteiger partial charge in [0.1, 0.15) is 12.6 Å². The van der Waals surface area contributed by atoms with E-state index in [9.17, 15) is 18.0 Å². The maximum atomic E-state index is 13.6. The minimum Gasteiger partial charge on any atom is -0.352 e. The zero-order valence-electron chi connectivity index (χ0n) is 19.4. The largest absolute Gasteiger partial charge is 0.352 e. The molecule has 0 aliphatic heterocycles. The number of sulfonamides is 1. The van der Waals surface area contributed by atoms with Crippen LogP contribution < -0.4 is 9.62 Å². The molecule has 2 rings (SSSR count). The first-order valence-electron chi connectivity index (χ1n) is 10.6. The van der Waals surface area contributed by atoms with Crippen LogP contribution in [0, 0.1) is 3.57 Å². The molecule has 2 aromatic carbocycles. The molecule has 7 nitrogen and oxygen atoms in total. The van der Waals surface area contributed by atoms with Gasteiger partial charge < -0.3 is 10.2 Å². The van der Waals surface area contributed by atoms with Crippen LogP contribution in [0.2, 0.25) is 10.0 Å². The number of rotatable bonds is 10. The van der Waals surface area contributed by atoms with Crippen LogP contribution in [0.5, 0.6) is 0 Å². The number of nitrogens with zero attached hydrogens (tertiary/aromatic N) is 2. The summed E-state index contributed by atoms with van der Waals surface area (Å²) < 4.78 is 27.1. The predicted molar refractivity (Wildman–Crippen MR) is 146 cm³/mol. The fourth-order valence-corrected chi connectivity index (χ4v) is 5.03. The zero-order valence-corrected chi connectivity index (χ0v) is 23.9. The third kappa shape index (κ3) is 8.00. The molecule has 0 unspecified atom stereocenters. The Hall–Kier alpha value is -1.56. The minimum absolute atomic E-state index is 0.0170. The van der Waals surface area contributed by atoms with E-state index < -0.39 is 28.5 Å². The molecule has 0 heterocycles. The Morgan fingerprint density at radius 1 is 1.09 bits per heavy atom. The van der Waals surface area contributed by atoms with E-state index >= 15 is 0 Å². The van der Waals surface area contributed by atoms with E-state index in [2.05, 4.69) is 27.9 Å². The van der Waals surface area contributed by atoms with Crippen molar-refractivity contribution in [1.82, 2.24) is 10.2 Å². The maximum Gasteiger partial charge on any atom is 0.244 e. The van der Waals surface area contributed by atoms with E-state index in [1.54, 1.807) is 49.4 Å². The summed E-state index contributed by atoms with van der Waals surface area (Å²) in [5.41, 5.74) is 0.954. The Bertz CT molecular complexity index is 1130. The molecule has 34 heavy (non-hydrogen) atoms. The number of benzene rings is 2. The topological polar surface area (TPSA) is 86.8 Å². The lowest BCUT2D eigenvalue weighted by atomic mass is 10.1. The van der Waals surface area contributed by atoms with E-state index in [1.165, 1.54) is 4.90 Å². The molecule has 0 saturated heterocycles. The lowest BCUT2D eigenvalue weighted by Crippen LogP contribution is -2.53. The number of carbonyl (C=O) groups is 2. The Labute approximate surface area is 225 Å². The lowest BCUT2D eigenvalue weighted by Gasteiger charge is -2.33. The number of hydrogen-bond donors (Lipinski definition) is 1. The molecule has 0 spiro atoms. The summed E-state index contributed by atoms with van der Waals surface area (Å²) in [6.07, 6.45) is 1.37. The lowest BCUT2D eigenvalue weighted by molar-refractivity contribution is -0.140. The Balaban J connectivity index is 2.46. The summed E-state index contributed by atoms with van der Waals surface area (Å²) in [6, 6.07) is 10.7. The maximum absolute atomic E-state index is 13.6. The van der Waals surface area contributed by atoms with Crippen LogP contribution in [0.4, 0.5) is 5.69 Å². The second kappa shape index (κ2) is 12.4. The van der Waals surface area contributed by atoms with Crippen LogP contribution in [-0.4, -0.2) is 50.0 Å². The van der Waals surface area contributed by atoms with E-state index in [1.807, 2.05) is 13.8 Å². The Morgan fingerprint density at radius 2 is 1.71 bits per heavy atom. The van der Waals surface area contributed by atoms with Crippen molar-refractivity contribution in [3.05, 3.63) is 61.6 Å². The molecule has 0 saturated carbocycles. The van der Waals surface area contributed by atoms with Crippen LogP contribution in [0.3, 0.4) is 0 Å². The SMILES string of the molecule is CC[C@H](C(=O)NC(C)C)N(Cc1ccc(Cl)cc1Cl)C(=O)CN(c1ccc(I)cc1)S(C)(=O)=O. The number of amides is 2. The molecule has 0 aromatic heterocycles. The van der Waals surface area contributed by atoms with E-state index in [0.717, 1.165) is 14.1 Å². The molecular weight excluding hydrogens is 612 g/mol. The Kier molecular flexibility index (Phi) is 10.5. The van der Waals surface area contributed by atoms with Crippen LogP contribution in [0.25, 0.3) is 0 Å². The number of anilines is 1. The number of carbonyl (C=O) groups excluding carboxylic acids is 2. The summed E-state index contributed by atoms with van der Waals surface area (Å²) in [7, 11) is -3.78. The smallest absolute Gasteiger partial charge is 0.244 e. The van der Waals surface area contributed by atoms with Gasteiger partial charge in [0, 0.05) is 26.2 Å². The second-order valence-corrected chi connectivity index (χ2v) is 12.1. The van der Waals surface area contributed by atoms with Gasteiger partial charge >= 0.3 is 0 Å². The number of hydrogen-bond acceptors (Lipinski definition) is 4. The highest BCUT2D eigenvalue weighted by Gasteiger charge is 2.32. The summed E-state index contributed by atoms with van der Waals surface area (Å²) >= 11 is 14.5. The van der Waals surface area contributed by atoms with E-state index in [0.29, 0.717) is 27.7 Å². The van der Waals surface area contributed by atoms with Gasteiger partial charge in [-0.05, 0) is 84.8 Å². The molecule has 11 heteroatoms. The monoisotopic (exact) mass is 639 g/mol. The summed E-state index contributed by atoms with van der Waals surface area (Å²) in [5.74, 6) is -0.850. The van der Waals surface area contributed by atoms with E-state index in [-0.39, 0.29) is 18.5 Å². The number of halogens is 3. The van der Waals surface area contributed by atoms with Crippen LogP contribution in [0.15, 0.2) is 42.5 Å². The van der Waals surface area contributed by atoms with Crippen molar-refractivity contribution in [2.45, 2.75) is 45.8 Å². The van der Waals surface area contributed by atoms with Crippen LogP contribution in [0.1, 0.15) is 32.8 Å². The average Bonchev–Trinajstić information content (AvgIpc) is 2.72. The van der Waals surface area contributed by atoms with Crippen LogP contribution >= 0.6 is 45.8 Å². The first-order chi connectivity index (χ1) is 15.8. The number of nitrogens with one attached hydrogen (secondary N) is 1. The third-order valence-electron chi connectivity index (χ3n) is 4.97. The molecule has 1 N–H and O–H groups in total. The molecule has 0 radical (unpaired) electrons. The highest BCUT2D eigenvalue weighted by atomic mass is 127. The molecule has 1 atom stereocenters. The van der Waals surface area contributed by atoms with Crippen molar-refractivity contribution in [1.29, 1.82) is 0 Å². The molecule has 2 amide bonds. The van der Waals surface area contributed by atoms with Gasteiger partial charge in [-0.1, -0.05) is 36.2 Å². The van der Waals surface area contributed by atoms with Crippen molar-refractivity contribution in [3.63, 3.8) is 0 Å². The summed E-state index contributed by atoms with van der Waals surface area (Å²) in [4.78, 5) is 27.9. The van der Waals surface area contributed by atoms with Crippen molar-refractivity contribution in [3.8, 4) is 0 Å². The average molecular weight is 640 g/mol. The van der Waals surface area contributed by atoms with Gasteiger partial charge in [0.2, 0.25) is 21.8 Å². The van der Waals surface area contributed by atoms with Gasteiger partial charge in [-0.25, -0.2) is 8.42 Å². The van der Waals surface area contributed by atoms with Crippen molar-refractivity contribution in [2.24, 2.45) is 0 Å². The Morgan fingerprint density at radius 3 is 2.21 bits per heavy atom. The molecule has 186 valence electrons. The molecule has 0 aliphatic carbocycles. The summed E-state index contributed by atoms with van der Waals surface area (Å²) in [5, 5.41) is 3.63. The molecule has 0 aliphatic rings. The third-order valence-corrected chi connectivity index (χ3v) is 7.41. The first kappa shape index (κ1) is 28.7.